The zero-order valence-electron chi connectivity index (χ0n) is 7.74. The van der Waals surface area contributed by atoms with E-state index in [2.05, 4.69) is 4.74 Å². The first-order valence-corrected chi connectivity index (χ1v) is 4.29. The summed E-state index contributed by atoms with van der Waals surface area (Å²) < 4.78 is 9.77. The number of aromatic hydroxyl groups is 1. The molecule has 1 aliphatic heterocycles. The fraction of sp³-hybridized carbons (Fsp3) is 0.300. The molecule has 0 spiro atoms. The second-order valence-electron chi connectivity index (χ2n) is 3.07. The topological polar surface area (TPSA) is 55.8 Å². The van der Waals surface area contributed by atoms with Crippen molar-refractivity contribution in [3.05, 3.63) is 23.3 Å². The van der Waals surface area contributed by atoms with Crippen LogP contribution in [-0.4, -0.2) is 24.8 Å². The van der Waals surface area contributed by atoms with Gasteiger partial charge in [-0.3, -0.25) is 0 Å². The second-order valence-corrected chi connectivity index (χ2v) is 3.07. The zero-order valence-corrected chi connectivity index (χ0v) is 7.74. The molecule has 0 unspecified atom stereocenters. The van der Waals surface area contributed by atoms with E-state index in [0.29, 0.717) is 12.4 Å². The molecule has 1 aromatic carbocycles. The van der Waals surface area contributed by atoms with Crippen LogP contribution in [0.25, 0.3) is 0 Å². The molecule has 0 aromatic heterocycles. The van der Waals surface area contributed by atoms with Crippen LogP contribution in [0.1, 0.15) is 15.9 Å². The number of carbonyl (C=O) groups is 1. The van der Waals surface area contributed by atoms with Crippen LogP contribution >= 0.6 is 0 Å². The van der Waals surface area contributed by atoms with E-state index in [1.165, 1.54) is 13.2 Å². The van der Waals surface area contributed by atoms with Gasteiger partial charge in [-0.15, -0.1) is 0 Å². The van der Waals surface area contributed by atoms with Crippen LogP contribution in [0.3, 0.4) is 0 Å². The first kappa shape index (κ1) is 8.87. The molecule has 0 saturated carbocycles. The number of benzene rings is 1. The van der Waals surface area contributed by atoms with E-state index in [1.807, 2.05) is 0 Å². The van der Waals surface area contributed by atoms with Crippen LogP contribution in [0, 0.1) is 0 Å². The average molecular weight is 194 g/mol. The number of rotatable bonds is 1. The van der Waals surface area contributed by atoms with Gasteiger partial charge in [-0.25, -0.2) is 4.79 Å². The van der Waals surface area contributed by atoms with Gasteiger partial charge in [-0.1, -0.05) is 0 Å². The fourth-order valence-corrected chi connectivity index (χ4v) is 1.49. The summed E-state index contributed by atoms with van der Waals surface area (Å²) in [7, 11) is 1.28. The molecule has 0 saturated heterocycles. The smallest absolute Gasteiger partial charge is 0.341 e. The molecule has 0 atom stereocenters. The van der Waals surface area contributed by atoms with Gasteiger partial charge in [-0.05, 0) is 11.6 Å². The van der Waals surface area contributed by atoms with E-state index in [-0.39, 0.29) is 11.3 Å². The standard InChI is InChI=1S/C10H10O4/c1-13-10(12)7-4-6-2-3-14-9(6)5-8(7)11/h4-5,11H,2-3H2,1H3. The second kappa shape index (κ2) is 3.21. The van der Waals surface area contributed by atoms with Crippen molar-refractivity contribution in [3.63, 3.8) is 0 Å². The molecule has 1 aliphatic rings. The highest BCUT2D eigenvalue weighted by Crippen LogP contribution is 2.32. The predicted molar refractivity (Wildman–Crippen MR) is 48.6 cm³/mol. The minimum absolute atomic E-state index is 0.0995. The summed E-state index contributed by atoms with van der Waals surface area (Å²) >= 11 is 0. The van der Waals surface area contributed by atoms with Crippen LogP contribution in [0.5, 0.6) is 11.5 Å². The Hall–Kier alpha value is -1.71. The highest BCUT2D eigenvalue weighted by molar-refractivity contribution is 5.93. The number of esters is 1. The van der Waals surface area contributed by atoms with Crippen LogP contribution in [-0.2, 0) is 11.2 Å². The maximum absolute atomic E-state index is 11.2. The molecule has 14 heavy (non-hydrogen) atoms. The van der Waals surface area contributed by atoms with Crippen LogP contribution in [0.4, 0.5) is 0 Å². The van der Waals surface area contributed by atoms with Crippen molar-refractivity contribution in [2.75, 3.05) is 13.7 Å². The average Bonchev–Trinajstić information content (AvgIpc) is 2.62. The summed E-state index contributed by atoms with van der Waals surface area (Å²) in [5.74, 6) is 0.0184. The van der Waals surface area contributed by atoms with Gasteiger partial charge in [0, 0.05) is 12.5 Å². The molecular weight excluding hydrogens is 184 g/mol. The largest absolute Gasteiger partial charge is 0.507 e. The van der Waals surface area contributed by atoms with Crippen LogP contribution < -0.4 is 4.74 Å². The predicted octanol–water partition coefficient (Wildman–Crippen LogP) is 1.11. The molecule has 74 valence electrons. The maximum atomic E-state index is 11.2. The molecule has 0 amide bonds. The van der Waals surface area contributed by atoms with Gasteiger partial charge < -0.3 is 14.6 Å². The van der Waals surface area contributed by atoms with E-state index in [0.717, 1.165) is 12.0 Å². The van der Waals surface area contributed by atoms with Gasteiger partial charge in [0.25, 0.3) is 0 Å². The van der Waals surface area contributed by atoms with Gasteiger partial charge in [0.1, 0.15) is 17.1 Å². The van der Waals surface area contributed by atoms with Crippen molar-refractivity contribution in [3.8, 4) is 11.5 Å². The lowest BCUT2D eigenvalue weighted by atomic mass is 10.1. The molecular formula is C10H10O4. The van der Waals surface area contributed by atoms with Crippen molar-refractivity contribution in [2.24, 2.45) is 0 Å². The third-order valence-electron chi connectivity index (χ3n) is 2.21. The Morgan fingerprint density at radius 2 is 2.36 bits per heavy atom. The molecule has 1 N–H and O–H groups in total. The van der Waals surface area contributed by atoms with Crippen LogP contribution in [0.15, 0.2) is 12.1 Å². The van der Waals surface area contributed by atoms with Gasteiger partial charge in [0.15, 0.2) is 0 Å². The SMILES string of the molecule is COC(=O)c1cc2c(cc1O)OCC2. The summed E-state index contributed by atoms with van der Waals surface area (Å²) in [5, 5.41) is 9.50. The monoisotopic (exact) mass is 194 g/mol. The quantitative estimate of drug-likeness (QED) is 0.680. The van der Waals surface area contributed by atoms with Crippen molar-refractivity contribution < 1.29 is 19.4 Å². The number of fused-ring (bicyclic) bond motifs is 1. The summed E-state index contributed by atoms with van der Waals surface area (Å²) in [4.78, 5) is 11.2. The molecule has 1 aromatic rings. The Bertz CT molecular complexity index is 384. The first-order valence-electron chi connectivity index (χ1n) is 4.29. The highest BCUT2D eigenvalue weighted by Gasteiger charge is 2.19. The number of ether oxygens (including phenoxy) is 2. The Morgan fingerprint density at radius 3 is 3.07 bits per heavy atom. The summed E-state index contributed by atoms with van der Waals surface area (Å²) in [6.07, 6.45) is 0.763. The first-order chi connectivity index (χ1) is 6.72. The van der Waals surface area contributed by atoms with Gasteiger partial charge in [0.05, 0.1) is 13.7 Å². The number of phenols is 1. The number of phenolic OH excluding ortho intramolecular Hbond substituents is 1. The number of hydrogen-bond acceptors (Lipinski definition) is 4. The Labute approximate surface area is 81.1 Å². The zero-order chi connectivity index (χ0) is 10.1. The van der Waals surface area contributed by atoms with Gasteiger partial charge >= 0.3 is 5.97 Å². The summed E-state index contributed by atoms with van der Waals surface area (Å²) in [6, 6.07) is 3.07. The minimum Gasteiger partial charge on any atom is -0.507 e. The number of hydrogen-bond donors (Lipinski definition) is 1. The third kappa shape index (κ3) is 1.28. The Kier molecular flexibility index (Phi) is 2.04. The van der Waals surface area contributed by atoms with Crippen molar-refractivity contribution in [1.29, 1.82) is 0 Å². The number of methoxy groups -OCH3 is 1. The maximum Gasteiger partial charge on any atom is 0.341 e. The van der Waals surface area contributed by atoms with Crippen LogP contribution in [0.2, 0.25) is 0 Å². The van der Waals surface area contributed by atoms with E-state index in [4.69, 9.17) is 4.74 Å². The molecule has 4 nitrogen and oxygen atoms in total. The lowest BCUT2D eigenvalue weighted by Gasteiger charge is -2.05. The van der Waals surface area contributed by atoms with Crippen molar-refractivity contribution >= 4 is 5.97 Å². The lowest BCUT2D eigenvalue weighted by Crippen LogP contribution is -2.02. The summed E-state index contributed by atoms with van der Waals surface area (Å²) in [5.41, 5.74) is 1.12. The molecule has 0 fully saturated rings. The highest BCUT2D eigenvalue weighted by atomic mass is 16.5. The normalized spacial score (nSPS) is 13.2. The molecule has 0 bridgehead atoms. The lowest BCUT2D eigenvalue weighted by molar-refractivity contribution is 0.0597. The summed E-state index contributed by atoms with van der Waals surface area (Å²) in [6.45, 7) is 0.597. The Morgan fingerprint density at radius 1 is 1.57 bits per heavy atom. The third-order valence-corrected chi connectivity index (χ3v) is 2.21. The molecule has 2 rings (SSSR count). The molecule has 0 aliphatic carbocycles. The molecule has 1 heterocycles. The number of carbonyl (C=O) groups excluding carboxylic acids is 1. The van der Waals surface area contributed by atoms with Crippen molar-refractivity contribution in [1.82, 2.24) is 0 Å². The molecule has 0 radical (unpaired) electrons. The van der Waals surface area contributed by atoms with Gasteiger partial charge in [-0.2, -0.15) is 0 Å². The van der Waals surface area contributed by atoms with Gasteiger partial charge in [0.2, 0.25) is 0 Å². The van der Waals surface area contributed by atoms with Crippen molar-refractivity contribution in [2.45, 2.75) is 6.42 Å². The van der Waals surface area contributed by atoms with E-state index in [9.17, 15) is 9.90 Å². The molecule has 4 heteroatoms. The fourth-order valence-electron chi connectivity index (χ4n) is 1.49. The van der Waals surface area contributed by atoms with E-state index in [1.54, 1.807) is 6.07 Å². The Balaban J connectivity index is 2.47. The van der Waals surface area contributed by atoms with E-state index < -0.39 is 5.97 Å². The van der Waals surface area contributed by atoms with E-state index >= 15 is 0 Å². The minimum atomic E-state index is -0.530.